The molecule has 98 valence electrons. The fraction of sp³-hybridized carbons (Fsp3) is 0.600. The van der Waals surface area contributed by atoms with Crippen molar-refractivity contribution in [2.45, 2.75) is 38.3 Å². The largest absolute Gasteiger partial charge is 0.329 e. The number of hydrogen-bond acceptors (Lipinski definition) is 2. The molecule has 0 radical (unpaired) electrons. The van der Waals surface area contributed by atoms with Crippen molar-refractivity contribution in [3.8, 4) is 0 Å². The van der Waals surface area contributed by atoms with Gasteiger partial charge in [0, 0.05) is 25.2 Å². The summed E-state index contributed by atoms with van der Waals surface area (Å²) < 4.78 is 13.7. The Kier molecular flexibility index (Phi) is 3.12. The second-order valence-corrected chi connectivity index (χ2v) is 5.79. The monoisotopic (exact) mass is 248 g/mol. The number of aryl methyl sites for hydroxylation is 1. The Hall–Kier alpha value is -0.930. The van der Waals surface area contributed by atoms with Crippen molar-refractivity contribution in [1.82, 2.24) is 4.90 Å². The van der Waals surface area contributed by atoms with E-state index in [0.717, 1.165) is 18.0 Å². The summed E-state index contributed by atoms with van der Waals surface area (Å²) in [6.07, 6.45) is 3.96. The number of nitrogens with two attached hydrogens (primary N) is 1. The summed E-state index contributed by atoms with van der Waals surface area (Å²) >= 11 is 0. The van der Waals surface area contributed by atoms with Crippen molar-refractivity contribution >= 4 is 0 Å². The molecule has 2 N–H and O–H groups in total. The van der Waals surface area contributed by atoms with Gasteiger partial charge in [-0.1, -0.05) is 12.1 Å². The molecule has 3 unspecified atom stereocenters. The van der Waals surface area contributed by atoms with Crippen LogP contribution < -0.4 is 5.73 Å². The lowest BCUT2D eigenvalue weighted by molar-refractivity contribution is 0.153. The molecule has 3 rings (SSSR count). The summed E-state index contributed by atoms with van der Waals surface area (Å²) in [5, 5.41) is 0. The fourth-order valence-electron chi connectivity index (χ4n) is 3.62. The molecule has 1 saturated heterocycles. The summed E-state index contributed by atoms with van der Waals surface area (Å²) in [5.41, 5.74) is 7.68. The third kappa shape index (κ3) is 1.95. The molecule has 3 heteroatoms. The van der Waals surface area contributed by atoms with E-state index in [1.807, 2.05) is 12.1 Å². The molecule has 1 heterocycles. The Labute approximate surface area is 108 Å². The second-order valence-electron chi connectivity index (χ2n) is 5.79. The van der Waals surface area contributed by atoms with Crippen LogP contribution in [0.2, 0.25) is 0 Å². The molecule has 1 aromatic rings. The number of hydrogen-bond donors (Lipinski definition) is 1. The maximum atomic E-state index is 13.7. The highest BCUT2D eigenvalue weighted by atomic mass is 19.1. The van der Waals surface area contributed by atoms with Gasteiger partial charge in [-0.2, -0.15) is 0 Å². The van der Waals surface area contributed by atoms with Gasteiger partial charge < -0.3 is 5.73 Å². The minimum Gasteiger partial charge on any atom is -0.329 e. The van der Waals surface area contributed by atoms with Crippen molar-refractivity contribution in [1.29, 1.82) is 0 Å². The first-order valence-corrected chi connectivity index (χ1v) is 6.91. The van der Waals surface area contributed by atoms with Gasteiger partial charge in [-0.25, -0.2) is 4.39 Å². The van der Waals surface area contributed by atoms with Gasteiger partial charge in [-0.3, -0.25) is 4.90 Å². The molecule has 1 aliphatic carbocycles. The van der Waals surface area contributed by atoms with E-state index in [2.05, 4.69) is 4.90 Å². The third-order valence-electron chi connectivity index (χ3n) is 4.66. The highest BCUT2D eigenvalue weighted by molar-refractivity contribution is 5.26. The van der Waals surface area contributed by atoms with Gasteiger partial charge in [0.25, 0.3) is 0 Å². The molecule has 1 saturated carbocycles. The van der Waals surface area contributed by atoms with Crippen LogP contribution in [-0.2, 0) is 0 Å². The van der Waals surface area contributed by atoms with Crippen molar-refractivity contribution < 1.29 is 4.39 Å². The Morgan fingerprint density at radius 2 is 2.28 bits per heavy atom. The number of piperidine rings is 1. The van der Waals surface area contributed by atoms with Crippen LogP contribution in [0.25, 0.3) is 0 Å². The first kappa shape index (κ1) is 12.1. The van der Waals surface area contributed by atoms with E-state index in [0.29, 0.717) is 18.2 Å². The summed E-state index contributed by atoms with van der Waals surface area (Å²) in [5.74, 6) is 0.731. The normalized spacial score (nSPS) is 28.8. The van der Waals surface area contributed by atoms with Gasteiger partial charge in [0.15, 0.2) is 0 Å². The average Bonchev–Trinajstić information content (AvgIpc) is 2.97. The van der Waals surface area contributed by atoms with Crippen LogP contribution in [-0.4, -0.2) is 24.0 Å². The zero-order chi connectivity index (χ0) is 12.7. The molecule has 0 amide bonds. The third-order valence-corrected chi connectivity index (χ3v) is 4.66. The number of likely N-dealkylation sites (tertiary alicyclic amines) is 1. The number of rotatable bonds is 3. The molecule has 3 atom stereocenters. The summed E-state index contributed by atoms with van der Waals surface area (Å²) in [4.78, 5) is 2.50. The van der Waals surface area contributed by atoms with E-state index in [1.54, 1.807) is 13.0 Å². The van der Waals surface area contributed by atoms with Crippen molar-refractivity contribution in [3.63, 3.8) is 0 Å². The molecule has 1 aliphatic heterocycles. The summed E-state index contributed by atoms with van der Waals surface area (Å²) in [7, 11) is 0. The Morgan fingerprint density at radius 3 is 2.83 bits per heavy atom. The van der Waals surface area contributed by atoms with E-state index < -0.39 is 0 Å². The maximum absolute atomic E-state index is 13.7. The minimum absolute atomic E-state index is 0.115. The highest BCUT2D eigenvalue weighted by Gasteiger charge is 2.40. The zero-order valence-corrected chi connectivity index (χ0v) is 10.9. The van der Waals surface area contributed by atoms with Gasteiger partial charge >= 0.3 is 0 Å². The first-order valence-electron chi connectivity index (χ1n) is 6.91. The molecule has 2 bridgehead atoms. The lowest BCUT2D eigenvalue weighted by atomic mass is 10.0. The van der Waals surface area contributed by atoms with Crippen LogP contribution in [0.5, 0.6) is 0 Å². The number of benzene rings is 1. The van der Waals surface area contributed by atoms with E-state index in [-0.39, 0.29) is 11.9 Å². The molecular formula is C15H21FN2. The Morgan fingerprint density at radius 1 is 1.44 bits per heavy atom. The quantitative estimate of drug-likeness (QED) is 0.891. The van der Waals surface area contributed by atoms with Gasteiger partial charge in [-0.05, 0) is 49.3 Å². The molecule has 2 fully saturated rings. The number of fused-ring (bicyclic) bond motifs is 2. The van der Waals surface area contributed by atoms with Crippen molar-refractivity contribution in [3.05, 3.63) is 35.1 Å². The van der Waals surface area contributed by atoms with Gasteiger partial charge in [0.1, 0.15) is 5.82 Å². The fourth-order valence-corrected chi connectivity index (χ4v) is 3.62. The van der Waals surface area contributed by atoms with Crippen LogP contribution in [0.4, 0.5) is 4.39 Å². The zero-order valence-electron chi connectivity index (χ0n) is 10.9. The lowest BCUT2D eigenvalue weighted by Crippen LogP contribution is -2.39. The van der Waals surface area contributed by atoms with E-state index in [1.165, 1.54) is 19.3 Å². The summed E-state index contributed by atoms with van der Waals surface area (Å²) in [6.45, 7) is 3.52. The van der Waals surface area contributed by atoms with Crippen molar-refractivity contribution in [2.75, 3.05) is 13.1 Å². The molecular weight excluding hydrogens is 227 g/mol. The van der Waals surface area contributed by atoms with E-state index >= 15 is 0 Å². The molecule has 2 aliphatic rings. The predicted octanol–water partition coefficient (Wildman–Crippen LogP) is 2.62. The molecule has 0 spiro atoms. The van der Waals surface area contributed by atoms with E-state index in [9.17, 15) is 4.39 Å². The smallest absolute Gasteiger partial charge is 0.126 e. The topological polar surface area (TPSA) is 29.3 Å². The highest BCUT2D eigenvalue weighted by Crippen LogP contribution is 2.41. The summed E-state index contributed by atoms with van der Waals surface area (Å²) in [6, 6.07) is 6.42. The van der Waals surface area contributed by atoms with E-state index in [4.69, 9.17) is 5.73 Å². The predicted molar refractivity (Wildman–Crippen MR) is 70.8 cm³/mol. The van der Waals surface area contributed by atoms with Crippen LogP contribution >= 0.6 is 0 Å². The van der Waals surface area contributed by atoms with Crippen LogP contribution in [0.3, 0.4) is 0 Å². The van der Waals surface area contributed by atoms with Crippen LogP contribution in [0.1, 0.15) is 36.4 Å². The standard InChI is InChI=1S/C15H21FN2/c1-10-2-4-12(7-14(10)16)15(8-17)18-9-11-3-5-13(18)6-11/h2,4,7,11,13,15H,3,5-6,8-9,17H2,1H3. The van der Waals surface area contributed by atoms with Crippen LogP contribution in [0.15, 0.2) is 18.2 Å². The molecule has 18 heavy (non-hydrogen) atoms. The van der Waals surface area contributed by atoms with Gasteiger partial charge in [-0.15, -0.1) is 0 Å². The average molecular weight is 248 g/mol. The van der Waals surface area contributed by atoms with Gasteiger partial charge in [0.05, 0.1) is 0 Å². The lowest BCUT2D eigenvalue weighted by Gasteiger charge is -2.34. The molecule has 2 nitrogen and oxygen atoms in total. The Bertz CT molecular complexity index is 446. The Balaban J connectivity index is 1.85. The SMILES string of the molecule is Cc1ccc(C(CN)N2CC3CCC2C3)cc1F. The van der Waals surface area contributed by atoms with Crippen molar-refractivity contribution in [2.24, 2.45) is 11.7 Å². The van der Waals surface area contributed by atoms with Gasteiger partial charge in [0.2, 0.25) is 0 Å². The first-order chi connectivity index (χ1) is 8.69. The maximum Gasteiger partial charge on any atom is 0.126 e. The number of halogens is 1. The second kappa shape index (κ2) is 4.63. The molecule has 0 aromatic heterocycles. The van der Waals surface area contributed by atoms with Crippen LogP contribution in [0, 0.1) is 18.7 Å². The number of nitrogens with zero attached hydrogens (tertiary/aromatic N) is 1. The molecule has 1 aromatic carbocycles. The minimum atomic E-state index is -0.115.